The summed E-state index contributed by atoms with van der Waals surface area (Å²) < 4.78 is 24.0. The standard InChI is InChI=1S/C19H22FN3O3/c1-11-8-12(4-7-15(11)20)21-19(24)17-10-16(22-23-17)14-6-5-13(25-2)9-18(14)26-3/h4-9,16-17,22-23H,10H2,1-3H3,(H,21,24). The van der Waals surface area contributed by atoms with E-state index in [1.54, 1.807) is 33.3 Å². The first-order valence-corrected chi connectivity index (χ1v) is 8.32. The van der Waals surface area contributed by atoms with E-state index in [4.69, 9.17) is 9.47 Å². The molecule has 3 N–H and O–H groups in total. The minimum Gasteiger partial charge on any atom is -0.497 e. The van der Waals surface area contributed by atoms with Crippen molar-refractivity contribution in [2.75, 3.05) is 19.5 Å². The number of nitrogens with one attached hydrogen (secondary N) is 3. The minimum absolute atomic E-state index is 0.0819. The summed E-state index contributed by atoms with van der Waals surface area (Å²) in [7, 11) is 3.20. The maximum Gasteiger partial charge on any atom is 0.242 e. The molecule has 138 valence electrons. The number of amides is 1. The maximum absolute atomic E-state index is 13.3. The van der Waals surface area contributed by atoms with Gasteiger partial charge in [-0.05, 0) is 43.2 Å². The highest BCUT2D eigenvalue weighted by molar-refractivity contribution is 5.95. The molecule has 0 bridgehead atoms. The van der Waals surface area contributed by atoms with Gasteiger partial charge in [0.15, 0.2) is 0 Å². The Balaban J connectivity index is 1.68. The van der Waals surface area contributed by atoms with Crippen LogP contribution in [0.4, 0.5) is 10.1 Å². The fourth-order valence-electron chi connectivity index (χ4n) is 2.99. The molecule has 3 rings (SSSR count). The smallest absolute Gasteiger partial charge is 0.242 e. The number of ether oxygens (including phenoxy) is 2. The first-order valence-electron chi connectivity index (χ1n) is 8.32. The molecule has 26 heavy (non-hydrogen) atoms. The highest BCUT2D eigenvalue weighted by Crippen LogP contribution is 2.33. The lowest BCUT2D eigenvalue weighted by Crippen LogP contribution is -2.39. The molecule has 2 aromatic carbocycles. The van der Waals surface area contributed by atoms with Gasteiger partial charge >= 0.3 is 0 Å². The number of anilines is 1. The Kier molecular flexibility index (Phi) is 5.39. The number of methoxy groups -OCH3 is 2. The van der Waals surface area contributed by atoms with E-state index in [2.05, 4.69) is 16.2 Å². The number of hydrogen-bond donors (Lipinski definition) is 3. The zero-order valence-corrected chi connectivity index (χ0v) is 14.9. The van der Waals surface area contributed by atoms with Crippen LogP contribution in [0.15, 0.2) is 36.4 Å². The van der Waals surface area contributed by atoms with Gasteiger partial charge in [0.05, 0.1) is 20.3 Å². The lowest BCUT2D eigenvalue weighted by Gasteiger charge is -2.15. The largest absolute Gasteiger partial charge is 0.497 e. The molecule has 0 saturated carbocycles. The first-order chi connectivity index (χ1) is 12.5. The summed E-state index contributed by atoms with van der Waals surface area (Å²) in [6, 6.07) is 9.59. The van der Waals surface area contributed by atoms with Crippen LogP contribution < -0.4 is 25.6 Å². The van der Waals surface area contributed by atoms with Crippen LogP contribution >= 0.6 is 0 Å². The first kappa shape index (κ1) is 18.2. The van der Waals surface area contributed by atoms with Crippen molar-refractivity contribution in [3.8, 4) is 11.5 Å². The van der Waals surface area contributed by atoms with Gasteiger partial charge in [0.1, 0.15) is 23.4 Å². The number of hydrogen-bond acceptors (Lipinski definition) is 5. The second-order valence-electron chi connectivity index (χ2n) is 6.19. The molecule has 2 aromatic rings. The van der Waals surface area contributed by atoms with E-state index in [1.807, 2.05) is 18.2 Å². The fourth-order valence-corrected chi connectivity index (χ4v) is 2.99. The Morgan fingerprint density at radius 2 is 1.96 bits per heavy atom. The van der Waals surface area contributed by atoms with Gasteiger partial charge in [0.2, 0.25) is 5.91 Å². The van der Waals surface area contributed by atoms with Gasteiger partial charge in [-0.25, -0.2) is 15.2 Å². The van der Waals surface area contributed by atoms with Crippen molar-refractivity contribution < 1.29 is 18.7 Å². The number of carbonyl (C=O) groups excluding carboxylic acids is 1. The quantitative estimate of drug-likeness (QED) is 0.766. The van der Waals surface area contributed by atoms with Crippen LogP contribution in [0.2, 0.25) is 0 Å². The molecular formula is C19H22FN3O3. The van der Waals surface area contributed by atoms with E-state index >= 15 is 0 Å². The molecule has 0 aliphatic carbocycles. The summed E-state index contributed by atoms with van der Waals surface area (Å²) in [5.41, 5.74) is 8.14. The molecule has 0 radical (unpaired) electrons. The molecule has 0 aromatic heterocycles. The van der Waals surface area contributed by atoms with E-state index in [0.717, 1.165) is 5.56 Å². The number of carbonyl (C=O) groups is 1. The molecule has 1 aliphatic rings. The third-order valence-electron chi connectivity index (χ3n) is 4.46. The second kappa shape index (κ2) is 7.72. The van der Waals surface area contributed by atoms with Gasteiger partial charge in [0, 0.05) is 17.3 Å². The Morgan fingerprint density at radius 3 is 2.65 bits per heavy atom. The normalized spacial score (nSPS) is 19.2. The van der Waals surface area contributed by atoms with Crippen molar-refractivity contribution in [1.29, 1.82) is 0 Å². The summed E-state index contributed by atoms with van der Waals surface area (Å²) in [4.78, 5) is 12.5. The van der Waals surface area contributed by atoms with E-state index < -0.39 is 6.04 Å². The molecule has 1 aliphatic heterocycles. The maximum atomic E-state index is 13.3. The van der Waals surface area contributed by atoms with Gasteiger partial charge in [-0.15, -0.1) is 0 Å². The summed E-state index contributed by atoms with van der Waals surface area (Å²) in [5.74, 6) is 0.921. The highest BCUT2D eigenvalue weighted by atomic mass is 19.1. The lowest BCUT2D eigenvalue weighted by atomic mass is 10.0. The lowest BCUT2D eigenvalue weighted by molar-refractivity contribution is -0.117. The Bertz CT molecular complexity index is 813. The Morgan fingerprint density at radius 1 is 1.15 bits per heavy atom. The van der Waals surface area contributed by atoms with Crippen LogP contribution in [0.5, 0.6) is 11.5 Å². The number of rotatable bonds is 5. The zero-order chi connectivity index (χ0) is 18.7. The molecule has 1 saturated heterocycles. The van der Waals surface area contributed by atoms with Crippen LogP contribution in [0.25, 0.3) is 0 Å². The Hall–Kier alpha value is -2.64. The molecule has 6 nitrogen and oxygen atoms in total. The number of benzene rings is 2. The van der Waals surface area contributed by atoms with Crippen molar-refractivity contribution in [2.45, 2.75) is 25.4 Å². The van der Waals surface area contributed by atoms with Gasteiger partial charge in [-0.1, -0.05) is 6.07 Å². The number of hydrazine groups is 1. The van der Waals surface area contributed by atoms with Crippen molar-refractivity contribution in [1.82, 2.24) is 10.9 Å². The Labute approximate surface area is 151 Å². The topological polar surface area (TPSA) is 71.6 Å². The summed E-state index contributed by atoms with van der Waals surface area (Å²) in [5, 5.41) is 2.81. The fraction of sp³-hybridized carbons (Fsp3) is 0.316. The second-order valence-corrected chi connectivity index (χ2v) is 6.19. The predicted molar refractivity (Wildman–Crippen MR) is 96.7 cm³/mol. The van der Waals surface area contributed by atoms with Crippen LogP contribution in [0, 0.1) is 12.7 Å². The predicted octanol–water partition coefficient (Wildman–Crippen LogP) is 2.70. The molecule has 2 atom stereocenters. The van der Waals surface area contributed by atoms with Crippen LogP contribution in [-0.4, -0.2) is 26.2 Å². The van der Waals surface area contributed by atoms with Gasteiger partial charge in [-0.3, -0.25) is 4.79 Å². The monoisotopic (exact) mass is 359 g/mol. The van der Waals surface area contributed by atoms with E-state index in [-0.39, 0.29) is 17.8 Å². The van der Waals surface area contributed by atoms with E-state index in [0.29, 0.717) is 29.2 Å². The summed E-state index contributed by atoms with van der Waals surface area (Å²) >= 11 is 0. The summed E-state index contributed by atoms with van der Waals surface area (Å²) in [6.45, 7) is 1.66. The SMILES string of the molecule is COc1ccc(C2CC(C(=O)Nc3ccc(F)c(C)c3)NN2)c(OC)c1. The molecule has 1 fully saturated rings. The molecule has 2 unspecified atom stereocenters. The van der Waals surface area contributed by atoms with Gasteiger partial charge < -0.3 is 14.8 Å². The van der Waals surface area contributed by atoms with Gasteiger partial charge in [0.25, 0.3) is 0 Å². The van der Waals surface area contributed by atoms with E-state index in [9.17, 15) is 9.18 Å². The number of aryl methyl sites for hydroxylation is 1. The van der Waals surface area contributed by atoms with Crippen LogP contribution in [-0.2, 0) is 4.79 Å². The highest BCUT2D eigenvalue weighted by Gasteiger charge is 2.31. The van der Waals surface area contributed by atoms with Crippen molar-refractivity contribution in [3.63, 3.8) is 0 Å². The zero-order valence-electron chi connectivity index (χ0n) is 14.9. The molecule has 1 amide bonds. The van der Waals surface area contributed by atoms with E-state index in [1.165, 1.54) is 6.07 Å². The van der Waals surface area contributed by atoms with Crippen molar-refractivity contribution in [3.05, 3.63) is 53.3 Å². The minimum atomic E-state index is -0.419. The third kappa shape index (κ3) is 3.79. The molecule has 7 heteroatoms. The summed E-state index contributed by atoms with van der Waals surface area (Å²) in [6.07, 6.45) is 0.550. The van der Waals surface area contributed by atoms with Crippen molar-refractivity contribution in [2.24, 2.45) is 0 Å². The average molecular weight is 359 g/mol. The number of halogens is 1. The van der Waals surface area contributed by atoms with Gasteiger partial charge in [-0.2, -0.15) is 0 Å². The van der Waals surface area contributed by atoms with Crippen LogP contribution in [0.3, 0.4) is 0 Å². The third-order valence-corrected chi connectivity index (χ3v) is 4.46. The molecule has 0 spiro atoms. The molecular weight excluding hydrogens is 337 g/mol. The average Bonchev–Trinajstić information content (AvgIpc) is 3.14. The van der Waals surface area contributed by atoms with Crippen LogP contribution in [0.1, 0.15) is 23.6 Å². The van der Waals surface area contributed by atoms with Crippen molar-refractivity contribution >= 4 is 11.6 Å². The molecule has 1 heterocycles.